The van der Waals surface area contributed by atoms with Crippen molar-refractivity contribution >= 4 is 17.5 Å². The second-order valence-electron chi connectivity index (χ2n) is 5.53. The zero-order valence-electron chi connectivity index (χ0n) is 12.0. The van der Waals surface area contributed by atoms with Gasteiger partial charge in [0.1, 0.15) is 5.15 Å². The zero-order valence-corrected chi connectivity index (χ0v) is 12.8. The first-order chi connectivity index (χ1) is 10.5. The fraction of sp³-hybridized carbons (Fsp3) is 0.429. The summed E-state index contributed by atoms with van der Waals surface area (Å²) in [5, 5.41) is 11.8. The van der Waals surface area contributed by atoms with Crippen LogP contribution in [-0.4, -0.2) is 38.7 Å². The molecule has 0 N–H and O–H groups in total. The van der Waals surface area contributed by atoms with Crippen molar-refractivity contribution in [3.05, 3.63) is 50.7 Å². The van der Waals surface area contributed by atoms with Gasteiger partial charge in [-0.2, -0.15) is 0 Å². The molecule has 0 aliphatic carbocycles. The summed E-state index contributed by atoms with van der Waals surface area (Å²) < 4.78 is 0. The maximum atomic E-state index is 12.1. The molecule has 3 rings (SSSR count). The van der Waals surface area contributed by atoms with Gasteiger partial charge in [-0.25, -0.2) is 4.98 Å². The molecule has 3 heterocycles. The summed E-state index contributed by atoms with van der Waals surface area (Å²) in [7, 11) is 0. The average molecular weight is 323 g/mol. The Hall–Kier alpha value is -2.15. The molecule has 0 radical (unpaired) electrons. The van der Waals surface area contributed by atoms with Gasteiger partial charge >= 0.3 is 0 Å². The van der Waals surface area contributed by atoms with E-state index in [-0.39, 0.29) is 28.9 Å². The highest BCUT2D eigenvalue weighted by Crippen LogP contribution is 2.34. The lowest BCUT2D eigenvalue weighted by Gasteiger charge is -2.29. The normalized spacial score (nSPS) is 21.4. The van der Waals surface area contributed by atoms with Gasteiger partial charge in [-0.15, -0.1) is 0 Å². The van der Waals surface area contributed by atoms with E-state index < -0.39 is 0 Å². The minimum atomic E-state index is -0.377. The van der Waals surface area contributed by atoms with Crippen molar-refractivity contribution in [1.82, 2.24) is 14.8 Å². The summed E-state index contributed by atoms with van der Waals surface area (Å²) in [5.74, 6) is 0.00576. The zero-order chi connectivity index (χ0) is 15.9. The summed E-state index contributed by atoms with van der Waals surface area (Å²) in [6, 6.07) is 3.51. The molecule has 0 saturated carbocycles. The smallest absolute Gasteiger partial charge is 0.289 e. The fourth-order valence-corrected chi connectivity index (χ4v) is 3.08. The average Bonchev–Trinajstić information content (AvgIpc) is 2.85. The van der Waals surface area contributed by atoms with Crippen molar-refractivity contribution < 1.29 is 9.72 Å². The Morgan fingerprint density at radius 2 is 2.23 bits per heavy atom. The standard InChI is InChI=1S/C14H15ClN4O3/c1-9-6-12(20)18-5-4-17(14(18)13(9)19(21)22)8-10-2-3-11(15)16-7-10/h2-3,7,9H,4-6,8H2,1H3. The van der Waals surface area contributed by atoms with Crippen LogP contribution in [0.25, 0.3) is 0 Å². The number of carbonyl (C=O) groups excluding carboxylic acids is 1. The topological polar surface area (TPSA) is 79.6 Å². The molecule has 1 fully saturated rings. The monoisotopic (exact) mass is 322 g/mol. The number of halogens is 1. The van der Waals surface area contributed by atoms with Crippen LogP contribution in [0.2, 0.25) is 5.15 Å². The second-order valence-corrected chi connectivity index (χ2v) is 5.91. The van der Waals surface area contributed by atoms with Gasteiger partial charge in [0.15, 0.2) is 5.82 Å². The first-order valence-electron chi connectivity index (χ1n) is 7.01. The van der Waals surface area contributed by atoms with Crippen molar-refractivity contribution in [2.45, 2.75) is 19.9 Å². The Morgan fingerprint density at radius 1 is 1.45 bits per heavy atom. The van der Waals surface area contributed by atoms with Crippen LogP contribution in [0.1, 0.15) is 18.9 Å². The van der Waals surface area contributed by atoms with E-state index in [1.165, 1.54) is 4.90 Å². The molecule has 22 heavy (non-hydrogen) atoms. The van der Waals surface area contributed by atoms with Crippen LogP contribution < -0.4 is 0 Å². The molecule has 116 valence electrons. The second kappa shape index (κ2) is 5.57. The Morgan fingerprint density at radius 3 is 2.86 bits per heavy atom. The Bertz CT molecular complexity index is 659. The van der Waals surface area contributed by atoms with Gasteiger partial charge in [0.05, 0.1) is 10.8 Å². The number of pyridine rings is 1. The van der Waals surface area contributed by atoms with Crippen molar-refractivity contribution in [3.8, 4) is 0 Å². The molecule has 8 heteroatoms. The molecule has 1 unspecified atom stereocenters. The first-order valence-corrected chi connectivity index (χ1v) is 7.39. The number of nitrogens with zero attached hydrogens (tertiary/aromatic N) is 4. The van der Waals surface area contributed by atoms with Gasteiger partial charge in [0.2, 0.25) is 5.91 Å². The third-order valence-corrected chi connectivity index (χ3v) is 4.21. The van der Waals surface area contributed by atoms with Crippen LogP contribution in [0.4, 0.5) is 0 Å². The molecule has 1 atom stereocenters. The quantitative estimate of drug-likeness (QED) is 0.482. The molecule has 2 aliphatic heterocycles. The lowest BCUT2D eigenvalue weighted by Crippen LogP contribution is -2.38. The Kier molecular flexibility index (Phi) is 3.74. The number of hydrogen-bond donors (Lipinski definition) is 0. The van der Waals surface area contributed by atoms with Gasteiger partial charge in [-0.1, -0.05) is 24.6 Å². The number of aromatic nitrogens is 1. The van der Waals surface area contributed by atoms with E-state index in [0.29, 0.717) is 30.6 Å². The number of carbonyl (C=O) groups is 1. The highest BCUT2D eigenvalue weighted by molar-refractivity contribution is 6.29. The number of nitro groups is 1. The van der Waals surface area contributed by atoms with Crippen LogP contribution in [0.15, 0.2) is 29.8 Å². The number of hydrogen-bond acceptors (Lipinski definition) is 5. The van der Waals surface area contributed by atoms with E-state index in [2.05, 4.69) is 4.98 Å². The van der Waals surface area contributed by atoms with E-state index in [1.807, 2.05) is 11.0 Å². The molecule has 0 aromatic carbocycles. The van der Waals surface area contributed by atoms with Crippen LogP contribution in [-0.2, 0) is 11.3 Å². The van der Waals surface area contributed by atoms with E-state index >= 15 is 0 Å². The van der Waals surface area contributed by atoms with Gasteiger partial charge in [0.25, 0.3) is 5.70 Å². The van der Waals surface area contributed by atoms with Crippen LogP contribution in [0.3, 0.4) is 0 Å². The molecule has 2 aliphatic rings. The summed E-state index contributed by atoms with van der Waals surface area (Å²) in [5.41, 5.74) is 1.02. The molecule has 0 bridgehead atoms. The predicted octanol–water partition coefficient (Wildman–Crippen LogP) is 1.86. The minimum absolute atomic E-state index is 0.0511. The number of rotatable bonds is 3. The van der Waals surface area contributed by atoms with Gasteiger partial charge in [0, 0.05) is 32.3 Å². The highest BCUT2D eigenvalue weighted by Gasteiger charge is 2.44. The first kappa shape index (κ1) is 14.8. The summed E-state index contributed by atoms with van der Waals surface area (Å²) in [4.78, 5) is 30.6. The third-order valence-electron chi connectivity index (χ3n) is 3.99. The molecule has 1 saturated heterocycles. The molecule has 0 spiro atoms. The van der Waals surface area contributed by atoms with E-state index in [1.54, 1.807) is 19.2 Å². The molecule has 1 amide bonds. The maximum absolute atomic E-state index is 12.1. The predicted molar refractivity (Wildman–Crippen MR) is 79.2 cm³/mol. The van der Waals surface area contributed by atoms with E-state index in [4.69, 9.17) is 11.6 Å². The molecule has 7 nitrogen and oxygen atoms in total. The highest BCUT2D eigenvalue weighted by atomic mass is 35.5. The third kappa shape index (κ3) is 2.52. The fourth-order valence-electron chi connectivity index (χ4n) is 2.97. The van der Waals surface area contributed by atoms with Crippen LogP contribution in [0, 0.1) is 16.0 Å². The maximum Gasteiger partial charge on any atom is 0.289 e. The Labute approximate surface area is 132 Å². The summed E-state index contributed by atoms with van der Waals surface area (Å²) in [6.07, 6.45) is 1.83. The van der Waals surface area contributed by atoms with Crippen LogP contribution in [0.5, 0.6) is 0 Å². The largest absolute Gasteiger partial charge is 0.346 e. The lowest BCUT2D eigenvalue weighted by atomic mass is 9.99. The molecule has 1 aromatic heterocycles. The van der Waals surface area contributed by atoms with Crippen molar-refractivity contribution in [1.29, 1.82) is 0 Å². The summed E-state index contributed by atoms with van der Waals surface area (Å²) in [6.45, 7) is 3.25. The van der Waals surface area contributed by atoms with Gasteiger partial charge in [-0.3, -0.25) is 19.8 Å². The van der Waals surface area contributed by atoms with E-state index in [0.717, 1.165) is 5.56 Å². The molecular formula is C14H15ClN4O3. The van der Waals surface area contributed by atoms with E-state index in [9.17, 15) is 14.9 Å². The van der Waals surface area contributed by atoms with Gasteiger partial charge in [-0.05, 0) is 11.6 Å². The SMILES string of the molecule is CC1CC(=O)N2CCN(Cc3ccc(Cl)nc3)C2=C1[N+](=O)[O-]. The molecular weight excluding hydrogens is 308 g/mol. The van der Waals surface area contributed by atoms with Crippen molar-refractivity contribution in [2.24, 2.45) is 5.92 Å². The number of fused-ring (bicyclic) bond motifs is 1. The molecule has 1 aromatic rings. The Balaban J connectivity index is 1.95. The lowest BCUT2D eigenvalue weighted by molar-refractivity contribution is -0.437. The van der Waals surface area contributed by atoms with Crippen molar-refractivity contribution in [2.75, 3.05) is 13.1 Å². The summed E-state index contributed by atoms with van der Waals surface area (Å²) >= 11 is 5.77. The van der Waals surface area contributed by atoms with Crippen LogP contribution >= 0.6 is 11.6 Å². The van der Waals surface area contributed by atoms with Crippen molar-refractivity contribution in [3.63, 3.8) is 0 Å². The number of allylic oxidation sites excluding steroid dienone is 1. The van der Waals surface area contributed by atoms with Gasteiger partial charge < -0.3 is 4.90 Å². The minimum Gasteiger partial charge on any atom is -0.346 e. The number of amides is 1.